The molecule has 0 aliphatic rings. The van der Waals surface area contributed by atoms with Crippen LogP contribution in [-0.4, -0.2) is 19.5 Å². The van der Waals surface area contributed by atoms with Gasteiger partial charge in [0.2, 0.25) is 0 Å². The monoisotopic (exact) mass is 481 g/mol. The molecule has 0 radical (unpaired) electrons. The standard InChI is InChI=1S/C24H18F3N5OS/c1-13(29-21-20-22(34-12-28-20)31-14(2)30-21)18-11-15-7-6-10-17(24(25,26)27)19(15)23(33)32(18)16-8-4-3-5-9-16/h3-13H,1-2H3,(H,29,30,31)/t13-/m0/s1. The molecule has 10 heteroatoms. The van der Waals surface area contributed by atoms with E-state index in [0.717, 1.165) is 10.9 Å². The number of rotatable bonds is 4. The van der Waals surface area contributed by atoms with Crippen LogP contribution in [0.4, 0.5) is 19.0 Å². The summed E-state index contributed by atoms with van der Waals surface area (Å²) in [7, 11) is 0. The van der Waals surface area contributed by atoms with Gasteiger partial charge in [0.05, 0.1) is 22.5 Å². The number of hydrogen-bond acceptors (Lipinski definition) is 6. The second-order valence-electron chi connectivity index (χ2n) is 7.80. The number of pyridine rings is 1. The van der Waals surface area contributed by atoms with Gasteiger partial charge in [0.1, 0.15) is 16.2 Å². The molecular weight excluding hydrogens is 463 g/mol. The molecule has 34 heavy (non-hydrogen) atoms. The van der Waals surface area contributed by atoms with Crippen LogP contribution in [0.1, 0.15) is 30.0 Å². The van der Waals surface area contributed by atoms with Gasteiger partial charge in [-0.25, -0.2) is 15.0 Å². The number of halogens is 3. The van der Waals surface area contributed by atoms with Crippen molar-refractivity contribution < 1.29 is 13.2 Å². The Morgan fingerprint density at radius 2 is 1.82 bits per heavy atom. The third-order valence-corrected chi connectivity index (χ3v) is 6.22. The van der Waals surface area contributed by atoms with Gasteiger partial charge in [0.15, 0.2) is 5.82 Å². The Labute approximate surface area is 195 Å². The van der Waals surface area contributed by atoms with Gasteiger partial charge in [-0.3, -0.25) is 9.36 Å². The summed E-state index contributed by atoms with van der Waals surface area (Å²) in [6.07, 6.45) is -4.66. The lowest BCUT2D eigenvalue weighted by molar-refractivity contribution is -0.136. The molecule has 3 heterocycles. The van der Waals surface area contributed by atoms with Crippen LogP contribution >= 0.6 is 11.3 Å². The maximum absolute atomic E-state index is 13.8. The van der Waals surface area contributed by atoms with E-state index in [1.165, 1.54) is 28.0 Å². The summed E-state index contributed by atoms with van der Waals surface area (Å²) in [5.74, 6) is 1.05. The molecule has 0 amide bonds. The van der Waals surface area contributed by atoms with Crippen LogP contribution < -0.4 is 10.9 Å². The summed E-state index contributed by atoms with van der Waals surface area (Å²) >= 11 is 1.38. The fourth-order valence-corrected chi connectivity index (χ4v) is 4.73. The number of para-hydroxylation sites is 1. The first kappa shape index (κ1) is 22.0. The number of alkyl halides is 3. The largest absolute Gasteiger partial charge is 0.417 e. The van der Waals surface area contributed by atoms with Crippen molar-refractivity contribution in [2.45, 2.75) is 26.1 Å². The van der Waals surface area contributed by atoms with E-state index in [1.54, 1.807) is 48.8 Å². The Morgan fingerprint density at radius 1 is 1.06 bits per heavy atom. The minimum atomic E-state index is -4.66. The predicted molar refractivity (Wildman–Crippen MR) is 127 cm³/mol. The Kier molecular flexibility index (Phi) is 5.32. The van der Waals surface area contributed by atoms with Crippen molar-refractivity contribution in [1.29, 1.82) is 0 Å². The smallest absolute Gasteiger partial charge is 0.360 e. The Hall–Kier alpha value is -3.79. The zero-order valence-electron chi connectivity index (χ0n) is 18.1. The molecule has 172 valence electrons. The molecule has 3 aromatic heterocycles. The Morgan fingerprint density at radius 3 is 2.56 bits per heavy atom. The Bertz CT molecular complexity index is 1580. The summed E-state index contributed by atoms with van der Waals surface area (Å²) in [5.41, 5.74) is 1.52. The summed E-state index contributed by atoms with van der Waals surface area (Å²) in [5, 5.41) is 3.14. The van der Waals surface area contributed by atoms with E-state index in [4.69, 9.17) is 0 Å². The number of hydrogen-bond donors (Lipinski definition) is 1. The lowest BCUT2D eigenvalue weighted by atomic mass is 10.0. The first-order valence-corrected chi connectivity index (χ1v) is 11.3. The van der Waals surface area contributed by atoms with Gasteiger partial charge in [0.25, 0.3) is 5.56 Å². The van der Waals surface area contributed by atoms with Crippen molar-refractivity contribution in [2.75, 3.05) is 5.32 Å². The second kappa shape index (κ2) is 8.21. The van der Waals surface area contributed by atoms with Gasteiger partial charge in [0, 0.05) is 11.4 Å². The van der Waals surface area contributed by atoms with Gasteiger partial charge in [-0.2, -0.15) is 13.2 Å². The lowest BCUT2D eigenvalue weighted by Crippen LogP contribution is -2.27. The zero-order chi connectivity index (χ0) is 24.0. The SMILES string of the molecule is Cc1nc(N[C@@H](C)c2cc3cccc(C(F)(F)F)c3c(=O)n2-c2ccccc2)c2ncsc2n1. The highest BCUT2D eigenvalue weighted by Crippen LogP contribution is 2.35. The van der Waals surface area contributed by atoms with Gasteiger partial charge in [-0.05, 0) is 43.5 Å². The predicted octanol–water partition coefficient (Wildman–Crippen LogP) is 5.89. The molecule has 0 unspecified atom stereocenters. The van der Waals surface area contributed by atoms with Crippen molar-refractivity contribution in [3.05, 3.63) is 87.5 Å². The second-order valence-corrected chi connectivity index (χ2v) is 8.64. The zero-order valence-corrected chi connectivity index (χ0v) is 18.9. The van der Waals surface area contributed by atoms with Crippen LogP contribution in [0.2, 0.25) is 0 Å². The van der Waals surface area contributed by atoms with E-state index in [0.29, 0.717) is 28.5 Å². The van der Waals surface area contributed by atoms with Crippen molar-refractivity contribution >= 4 is 38.3 Å². The van der Waals surface area contributed by atoms with Gasteiger partial charge in [-0.1, -0.05) is 30.3 Å². The van der Waals surface area contributed by atoms with E-state index >= 15 is 0 Å². The Balaban J connectivity index is 1.74. The molecule has 5 rings (SSSR count). The minimum absolute atomic E-state index is 0.216. The average Bonchev–Trinajstić information content (AvgIpc) is 3.27. The number of aryl methyl sites for hydroxylation is 1. The van der Waals surface area contributed by atoms with E-state index in [9.17, 15) is 18.0 Å². The molecule has 0 aliphatic heterocycles. The van der Waals surface area contributed by atoms with Crippen LogP contribution in [0, 0.1) is 6.92 Å². The summed E-state index contributed by atoms with van der Waals surface area (Å²) in [6, 6.07) is 13.5. The van der Waals surface area contributed by atoms with Crippen molar-refractivity contribution in [3.8, 4) is 5.69 Å². The number of nitrogens with zero attached hydrogens (tertiary/aromatic N) is 4. The fourth-order valence-electron chi connectivity index (χ4n) is 4.03. The normalized spacial score (nSPS) is 12.9. The number of nitrogens with one attached hydrogen (secondary N) is 1. The van der Waals surface area contributed by atoms with Crippen LogP contribution in [-0.2, 0) is 6.18 Å². The number of fused-ring (bicyclic) bond motifs is 2. The molecule has 0 bridgehead atoms. The summed E-state index contributed by atoms with van der Waals surface area (Å²) in [6.45, 7) is 3.59. The van der Waals surface area contributed by atoms with Gasteiger partial charge < -0.3 is 5.32 Å². The molecule has 0 spiro atoms. The van der Waals surface area contributed by atoms with E-state index in [1.807, 2.05) is 6.92 Å². The fraction of sp³-hybridized carbons (Fsp3) is 0.167. The molecule has 0 saturated carbocycles. The lowest BCUT2D eigenvalue weighted by Gasteiger charge is -2.22. The third kappa shape index (κ3) is 3.79. The molecule has 2 aromatic carbocycles. The molecule has 1 N–H and O–H groups in total. The minimum Gasteiger partial charge on any atom is -0.360 e. The molecule has 0 aliphatic carbocycles. The van der Waals surface area contributed by atoms with Gasteiger partial charge in [-0.15, -0.1) is 11.3 Å². The number of thiazole rings is 1. The van der Waals surface area contributed by atoms with Gasteiger partial charge >= 0.3 is 6.18 Å². The topological polar surface area (TPSA) is 72.7 Å². The highest BCUT2D eigenvalue weighted by Gasteiger charge is 2.34. The summed E-state index contributed by atoms with van der Waals surface area (Å²) in [4.78, 5) is 27.5. The molecule has 0 saturated heterocycles. The van der Waals surface area contributed by atoms with E-state index in [2.05, 4.69) is 20.3 Å². The van der Waals surface area contributed by atoms with Crippen molar-refractivity contribution in [2.24, 2.45) is 0 Å². The van der Waals surface area contributed by atoms with E-state index < -0.39 is 23.3 Å². The number of benzene rings is 2. The number of anilines is 1. The van der Waals surface area contributed by atoms with Crippen molar-refractivity contribution in [3.63, 3.8) is 0 Å². The maximum atomic E-state index is 13.8. The molecular formula is C24H18F3N5OS. The maximum Gasteiger partial charge on any atom is 0.417 e. The molecule has 6 nitrogen and oxygen atoms in total. The van der Waals surface area contributed by atoms with Crippen LogP contribution in [0.5, 0.6) is 0 Å². The quantitative estimate of drug-likeness (QED) is 0.347. The first-order chi connectivity index (χ1) is 16.2. The molecule has 1 atom stereocenters. The first-order valence-electron chi connectivity index (χ1n) is 10.4. The highest BCUT2D eigenvalue weighted by molar-refractivity contribution is 7.16. The molecule has 0 fully saturated rings. The van der Waals surface area contributed by atoms with E-state index in [-0.39, 0.29) is 10.8 Å². The van der Waals surface area contributed by atoms with Crippen LogP contribution in [0.3, 0.4) is 0 Å². The number of aromatic nitrogens is 4. The third-order valence-electron chi connectivity index (χ3n) is 5.50. The van der Waals surface area contributed by atoms with Crippen LogP contribution in [0.25, 0.3) is 26.8 Å². The van der Waals surface area contributed by atoms with Crippen LogP contribution in [0.15, 0.2) is 64.9 Å². The average molecular weight is 482 g/mol. The summed E-state index contributed by atoms with van der Waals surface area (Å²) < 4.78 is 42.6. The molecule has 5 aromatic rings. The highest BCUT2D eigenvalue weighted by atomic mass is 32.1. The van der Waals surface area contributed by atoms with Crippen molar-refractivity contribution in [1.82, 2.24) is 19.5 Å².